The fourth-order valence-corrected chi connectivity index (χ4v) is 5.23. The van der Waals surface area contributed by atoms with Crippen molar-refractivity contribution >= 4 is 39.3 Å². The lowest BCUT2D eigenvalue weighted by Crippen LogP contribution is -2.24. The molecule has 174 valence electrons. The molecule has 0 aromatic heterocycles. The predicted octanol–water partition coefficient (Wildman–Crippen LogP) is 4.35. The highest BCUT2D eigenvalue weighted by Crippen LogP contribution is 2.47. The molecule has 1 atom stereocenters. The third-order valence-corrected chi connectivity index (χ3v) is 6.87. The van der Waals surface area contributed by atoms with Crippen molar-refractivity contribution in [2.45, 2.75) is 12.5 Å². The summed E-state index contributed by atoms with van der Waals surface area (Å²) in [5.74, 6) is 1.75. The molecule has 8 nitrogen and oxygen atoms in total. The molecule has 1 N–H and O–H groups in total. The molecule has 9 heteroatoms. The molecular weight excluding hydrogens is 454 g/mol. The van der Waals surface area contributed by atoms with Crippen molar-refractivity contribution < 1.29 is 24.1 Å². The summed E-state index contributed by atoms with van der Waals surface area (Å²) in [4.78, 5) is 16.1. The molecule has 0 saturated carbocycles. The van der Waals surface area contributed by atoms with Crippen molar-refractivity contribution in [3.63, 3.8) is 0 Å². The molecule has 3 aromatic rings. The summed E-state index contributed by atoms with van der Waals surface area (Å²) < 4.78 is 16.8. The number of thioether (sulfide) groups is 1. The lowest BCUT2D eigenvalue weighted by Gasteiger charge is -2.25. The van der Waals surface area contributed by atoms with Crippen LogP contribution in [-0.2, 0) is 4.79 Å². The number of rotatable bonds is 5. The molecule has 2 aliphatic heterocycles. The second-order valence-corrected chi connectivity index (χ2v) is 8.73. The van der Waals surface area contributed by atoms with Crippen LogP contribution < -0.4 is 14.2 Å². The first kappa shape index (κ1) is 22.1. The Hall–Kier alpha value is -3.72. The number of amides is 1. The van der Waals surface area contributed by atoms with Crippen LogP contribution in [0, 0.1) is 0 Å². The van der Waals surface area contributed by atoms with Crippen LogP contribution >= 0.6 is 11.8 Å². The molecule has 0 radical (unpaired) electrons. The molecule has 0 fully saturated rings. The van der Waals surface area contributed by atoms with Gasteiger partial charge in [0.1, 0.15) is 5.75 Å². The van der Waals surface area contributed by atoms with Crippen LogP contribution in [0.3, 0.4) is 0 Å². The number of methoxy groups -OCH3 is 3. The number of carbonyl (C=O) groups excluding carboxylic acids is 1. The summed E-state index contributed by atoms with van der Waals surface area (Å²) in [6.45, 7) is 0. The van der Waals surface area contributed by atoms with E-state index in [9.17, 15) is 9.90 Å². The Bertz CT molecular complexity index is 1350. The van der Waals surface area contributed by atoms with E-state index in [0.717, 1.165) is 16.3 Å². The normalized spacial score (nSPS) is 17.7. The van der Waals surface area contributed by atoms with Crippen LogP contribution in [0.5, 0.6) is 23.0 Å². The molecular formula is C25H23N3O5S. The Labute approximate surface area is 200 Å². The molecule has 0 saturated heterocycles. The number of hydrogen-bond acceptors (Lipinski definition) is 8. The summed E-state index contributed by atoms with van der Waals surface area (Å²) in [5.41, 5.74) is 2.17. The van der Waals surface area contributed by atoms with E-state index >= 15 is 0 Å². The first-order chi connectivity index (χ1) is 16.5. The molecule has 3 aromatic carbocycles. The Kier molecular flexibility index (Phi) is 5.79. The quantitative estimate of drug-likeness (QED) is 0.584. The number of hydrazone groups is 1. The Morgan fingerprint density at radius 2 is 1.79 bits per heavy atom. The highest BCUT2D eigenvalue weighted by atomic mass is 32.2. The molecule has 5 rings (SSSR count). The van der Waals surface area contributed by atoms with E-state index in [2.05, 4.69) is 4.99 Å². The van der Waals surface area contributed by atoms with E-state index in [4.69, 9.17) is 19.3 Å². The maximum absolute atomic E-state index is 12.0. The number of nitrogens with zero attached hydrogens (tertiary/aromatic N) is 3. The smallest absolute Gasteiger partial charge is 0.258 e. The lowest BCUT2D eigenvalue weighted by molar-refractivity contribution is -0.115. The average molecular weight is 478 g/mol. The van der Waals surface area contributed by atoms with Gasteiger partial charge in [0.15, 0.2) is 16.7 Å². The summed E-state index contributed by atoms with van der Waals surface area (Å²) in [7, 11) is 4.70. The maximum atomic E-state index is 12.0. The van der Waals surface area contributed by atoms with E-state index in [0.29, 0.717) is 40.1 Å². The van der Waals surface area contributed by atoms with Gasteiger partial charge < -0.3 is 19.3 Å². The monoisotopic (exact) mass is 477 g/mol. The molecule has 1 amide bonds. The van der Waals surface area contributed by atoms with Crippen LogP contribution in [0.15, 0.2) is 58.6 Å². The molecule has 34 heavy (non-hydrogen) atoms. The number of phenols is 1. The lowest BCUT2D eigenvalue weighted by atomic mass is 9.94. The number of aromatic hydroxyl groups is 1. The van der Waals surface area contributed by atoms with Gasteiger partial charge in [-0.2, -0.15) is 10.1 Å². The highest BCUT2D eigenvalue weighted by molar-refractivity contribution is 8.14. The van der Waals surface area contributed by atoms with Gasteiger partial charge in [-0.3, -0.25) is 4.79 Å². The van der Waals surface area contributed by atoms with Crippen LogP contribution in [0.1, 0.15) is 23.6 Å². The number of ether oxygens (including phenoxy) is 3. The molecule has 1 unspecified atom stereocenters. The van der Waals surface area contributed by atoms with Gasteiger partial charge in [-0.1, -0.05) is 42.1 Å². The van der Waals surface area contributed by atoms with Gasteiger partial charge in [0, 0.05) is 17.5 Å². The first-order valence-electron chi connectivity index (χ1n) is 10.7. The number of amidine groups is 1. The molecule has 2 heterocycles. The third kappa shape index (κ3) is 3.62. The largest absolute Gasteiger partial charge is 0.507 e. The van der Waals surface area contributed by atoms with Crippen LogP contribution in [0.2, 0.25) is 0 Å². The minimum absolute atomic E-state index is 0.148. The SMILES string of the molecule is COc1ccc(C2CC(c3c(O)ccc4ccccc34)=NN2C2=NC(=O)CS2)c(OC)c1OC. The average Bonchev–Trinajstić information content (AvgIpc) is 3.49. The standard InChI is InChI=1S/C25H23N3O5S/c1-31-20-11-9-16(23(32-2)24(20)33-3)18-12-17(27-28(18)25-26-21(30)13-34-25)22-15-7-5-4-6-14(15)8-10-19(22)29/h4-11,18,29H,12-13H2,1-3H3. The zero-order chi connectivity index (χ0) is 23.8. The van der Waals surface area contributed by atoms with Gasteiger partial charge in [0.2, 0.25) is 5.75 Å². The van der Waals surface area contributed by atoms with Crippen molar-refractivity contribution in [1.82, 2.24) is 5.01 Å². The van der Waals surface area contributed by atoms with Crippen LogP contribution in [0.25, 0.3) is 10.8 Å². The van der Waals surface area contributed by atoms with Crippen molar-refractivity contribution in [2.24, 2.45) is 10.1 Å². The van der Waals surface area contributed by atoms with Gasteiger partial charge in [-0.25, -0.2) is 5.01 Å². The fraction of sp³-hybridized carbons (Fsp3) is 0.240. The van der Waals surface area contributed by atoms with Crippen molar-refractivity contribution in [2.75, 3.05) is 27.1 Å². The summed E-state index contributed by atoms with van der Waals surface area (Å²) in [6.07, 6.45) is 0.460. The zero-order valence-corrected chi connectivity index (χ0v) is 19.8. The second kappa shape index (κ2) is 8.90. The maximum Gasteiger partial charge on any atom is 0.258 e. The number of carbonyl (C=O) groups is 1. The van der Waals surface area contributed by atoms with Crippen molar-refractivity contribution in [3.05, 3.63) is 59.7 Å². The van der Waals surface area contributed by atoms with E-state index in [1.54, 1.807) is 32.4 Å². The molecule has 2 aliphatic rings. The summed E-state index contributed by atoms with van der Waals surface area (Å²) in [5, 5.41) is 19.9. The molecule has 0 aliphatic carbocycles. The second-order valence-electron chi connectivity index (χ2n) is 7.79. The van der Waals surface area contributed by atoms with Gasteiger partial charge in [0.05, 0.1) is 38.8 Å². The summed E-state index contributed by atoms with van der Waals surface area (Å²) in [6, 6.07) is 14.8. The van der Waals surface area contributed by atoms with Crippen LogP contribution in [0.4, 0.5) is 0 Å². The Balaban J connectivity index is 1.67. The van der Waals surface area contributed by atoms with Gasteiger partial charge >= 0.3 is 0 Å². The highest BCUT2D eigenvalue weighted by Gasteiger charge is 2.38. The van der Waals surface area contributed by atoms with E-state index in [1.165, 1.54) is 11.8 Å². The van der Waals surface area contributed by atoms with E-state index < -0.39 is 0 Å². The topological polar surface area (TPSA) is 93.0 Å². The minimum atomic E-state index is -0.333. The first-order valence-corrected chi connectivity index (χ1v) is 11.6. The number of aliphatic imine (C=N–C) groups is 1. The molecule has 0 bridgehead atoms. The van der Waals surface area contributed by atoms with Crippen LogP contribution in [-0.4, -0.2) is 54.0 Å². The van der Waals surface area contributed by atoms with E-state index in [1.807, 2.05) is 42.5 Å². The fourth-order valence-electron chi connectivity index (χ4n) is 4.45. The van der Waals surface area contributed by atoms with Crippen molar-refractivity contribution in [1.29, 1.82) is 0 Å². The minimum Gasteiger partial charge on any atom is -0.507 e. The van der Waals surface area contributed by atoms with Gasteiger partial charge in [0.25, 0.3) is 5.91 Å². The third-order valence-electron chi connectivity index (χ3n) is 5.94. The predicted molar refractivity (Wildman–Crippen MR) is 132 cm³/mol. The van der Waals surface area contributed by atoms with Crippen molar-refractivity contribution in [3.8, 4) is 23.0 Å². The Morgan fingerprint density at radius 1 is 1.00 bits per heavy atom. The van der Waals surface area contributed by atoms with Gasteiger partial charge in [-0.15, -0.1) is 0 Å². The zero-order valence-electron chi connectivity index (χ0n) is 18.9. The number of benzene rings is 3. The number of fused-ring (bicyclic) bond motifs is 1. The molecule has 0 spiro atoms. The summed E-state index contributed by atoms with van der Waals surface area (Å²) >= 11 is 1.34. The Morgan fingerprint density at radius 3 is 2.50 bits per heavy atom. The number of hydrogen-bond donors (Lipinski definition) is 1. The van der Waals surface area contributed by atoms with E-state index in [-0.39, 0.29) is 23.5 Å². The van der Waals surface area contributed by atoms with Gasteiger partial charge in [-0.05, 0) is 29.0 Å². The number of phenolic OH excluding ortho intramolecular Hbond substituents is 1.